The Morgan fingerprint density at radius 3 is 2.89 bits per heavy atom. The lowest BCUT2D eigenvalue weighted by atomic mass is 10.1. The molecule has 1 aromatic heterocycles. The van der Waals surface area contributed by atoms with Crippen LogP contribution in [0.3, 0.4) is 0 Å². The predicted octanol–water partition coefficient (Wildman–Crippen LogP) is 2.50. The van der Waals surface area contributed by atoms with Gasteiger partial charge in [-0.05, 0) is 36.4 Å². The first-order chi connectivity index (χ1) is 8.61. The highest BCUT2D eigenvalue weighted by Crippen LogP contribution is 2.31. The summed E-state index contributed by atoms with van der Waals surface area (Å²) in [4.78, 5) is 16.4. The number of hydrogen-bond donors (Lipinski definition) is 1. The Labute approximate surface area is 108 Å². The number of anilines is 1. The summed E-state index contributed by atoms with van der Waals surface area (Å²) >= 11 is 1.32. The van der Waals surface area contributed by atoms with Gasteiger partial charge in [0, 0.05) is 10.6 Å². The van der Waals surface area contributed by atoms with E-state index in [2.05, 4.69) is 4.98 Å². The fraction of sp³-hybridized carbons (Fsp3) is 0.167. The molecule has 0 aliphatic rings. The molecule has 0 amide bonds. The van der Waals surface area contributed by atoms with Gasteiger partial charge < -0.3 is 14.9 Å². The van der Waals surface area contributed by atoms with Crippen molar-refractivity contribution in [1.29, 1.82) is 0 Å². The number of carbonyl (C=O) groups excluding carboxylic acids is 1. The molecule has 0 saturated carbocycles. The van der Waals surface area contributed by atoms with E-state index in [9.17, 15) is 4.79 Å². The molecule has 0 fully saturated rings. The van der Waals surface area contributed by atoms with Gasteiger partial charge in [0.25, 0.3) is 5.22 Å². The van der Waals surface area contributed by atoms with Crippen LogP contribution in [-0.4, -0.2) is 18.1 Å². The second-order valence-electron chi connectivity index (χ2n) is 3.59. The van der Waals surface area contributed by atoms with Crippen molar-refractivity contribution in [3.05, 3.63) is 35.7 Å². The molecule has 1 heterocycles. The second kappa shape index (κ2) is 5.14. The normalized spacial score (nSPS) is 10.3. The lowest BCUT2D eigenvalue weighted by Crippen LogP contribution is -2.07. The van der Waals surface area contributed by atoms with Crippen molar-refractivity contribution in [3.63, 3.8) is 0 Å². The van der Waals surface area contributed by atoms with E-state index in [1.54, 1.807) is 12.3 Å². The van der Waals surface area contributed by atoms with Gasteiger partial charge in [-0.1, -0.05) is 0 Å². The Hall–Kier alpha value is -1.95. The van der Waals surface area contributed by atoms with Gasteiger partial charge in [-0.2, -0.15) is 0 Å². The fourth-order valence-corrected chi connectivity index (χ4v) is 2.30. The number of hydrogen-bond acceptors (Lipinski definition) is 6. The maximum atomic E-state index is 11.6. The largest absolute Gasteiger partial charge is 0.465 e. The van der Waals surface area contributed by atoms with Crippen molar-refractivity contribution < 1.29 is 13.9 Å². The van der Waals surface area contributed by atoms with Crippen LogP contribution in [0.2, 0.25) is 0 Å². The van der Waals surface area contributed by atoms with E-state index in [0.717, 1.165) is 10.5 Å². The summed E-state index contributed by atoms with van der Waals surface area (Å²) in [6, 6.07) is 3.54. The molecule has 0 unspecified atom stereocenters. The number of ether oxygens (including phenoxy) is 1. The topological polar surface area (TPSA) is 78.3 Å². The van der Waals surface area contributed by atoms with Crippen molar-refractivity contribution in [2.75, 3.05) is 12.8 Å². The third-order valence-corrected chi connectivity index (χ3v) is 3.23. The van der Waals surface area contributed by atoms with Crippen molar-refractivity contribution in [2.24, 2.45) is 0 Å². The number of aromatic nitrogens is 1. The van der Waals surface area contributed by atoms with E-state index in [4.69, 9.17) is 14.9 Å². The van der Waals surface area contributed by atoms with Crippen LogP contribution in [0, 0.1) is 6.92 Å². The number of nitrogens with two attached hydrogens (primary N) is 1. The molecular formula is C12H12N2O3S. The van der Waals surface area contributed by atoms with Crippen LogP contribution in [0.25, 0.3) is 0 Å². The monoisotopic (exact) mass is 264 g/mol. The van der Waals surface area contributed by atoms with E-state index >= 15 is 0 Å². The van der Waals surface area contributed by atoms with Crippen LogP contribution in [0.15, 0.2) is 39.1 Å². The maximum absolute atomic E-state index is 11.6. The minimum absolute atomic E-state index is 0.353. The highest BCUT2D eigenvalue weighted by molar-refractivity contribution is 7.99. The van der Waals surface area contributed by atoms with Crippen molar-refractivity contribution in [1.82, 2.24) is 4.98 Å². The van der Waals surface area contributed by atoms with Crippen LogP contribution < -0.4 is 5.73 Å². The number of carbonyl (C=O) groups is 1. The highest BCUT2D eigenvalue weighted by Gasteiger charge is 2.14. The molecule has 0 bridgehead atoms. The third-order valence-electron chi connectivity index (χ3n) is 2.38. The molecular weight excluding hydrogens is 252 g/mol. The Balaban J connectivity index is 2.38. The molecule has 0 saturated heterocycles. The summed E-state index contributed by atoms with van der Waals surface area (Å²) < 4.78 is 9.83. The van der Waals surface area contributed by atoms with E-state index in [1.165, 1.54) is 25.1 Å². The number of nitrogens with zero attached hydrogens (tertiary/aromatic N) is 1. The molecule has 5 nitrogen and oxygen atoms in total. The van der Waals surface area contributed by atoms with E-state index in [-0.39, 0.29) is 0 Å². The van der Waals surface area contributed by atoms with Gasteiger partial charge in [0.15, 0.2) is 0 Å². The van der Waals surface area contributed by atoms with E-state index < -0.39 is 5.97 Å². The van der Waals surface area contributed by atoms with Crippen LogP contribution >= 0.6 is 11.8 Å². The summed E-state index contributed by atoms with van der Waals surface area (Å²) in [5, 5.41) is 0.509. The number of benzene rings is 1. The molecule has 2 N–H and O–H groups in total. The molecule has 2 rings (SSSR count). The van der Waals surface area contributed by atoms with Crippen LogP contribution in [-0.2, 0) is 4.74 Å². The molecule has 2 aromatic rings. The molecule has 0 aliphatic heterocycles. The molecule has 0 radical (unpaired) electrons. The SMILES string of the molecule is COC(=O)c1cc(Sc2ncco2)cc(C)c1N. The average molecular weight is 264 g/mol. The van der Waals surface area contributed by atoms with Crippen molar-refractivity contribution in [2.45, 2.75) is 17.0 Å². The lowest BCUT2D eigenvalue weighted by Gasteiger charge is -2.09. The van der Waals surface area contributed by atoms with Crippen LogP contribution in [0.4, 0.5) is 5.69 Å². The zero-order valence-corrected chi connectivity index (χ0v) is 10.8. The number of oxazole rings is 1. The first-order valence-electron chi connectivity index (χ1n) is 5.17. The summed E-state index contributed by atoms with van der Waals surface area (Å²) in [7, 11) is 1.32. The van der Waals surface area contributed by atoms with Gasteiger partial charge in [-0.25, -0.2) is 9.78 Å². The molecule has 0 aliphatic carbocycles. The van der Waals surface area contributed by atoms with Gasteiger partial charge in [-0.3, -0.25) is 0 Å². The van der Waals surface area contributed by atoms with Crippen LogP contribution in [0.5, 0.6) is 0 Å². The smallest absolute Gasteiger partial charge is 0.340 e. The second-order valence-corrected chi connectivity index (χ2v) is 4.62. The Kier molecular flexibility index (Phi) is 3.57. The number of rotatable bonds is 3. The van der Waals surface area contributed by atoms with Crippen LogP contribution in [0.1, 0.15) is 15.9 Å². The average Bonchev–Trinajstić information content (AvgIpc) is 2.85. The van der Waals surface area contributed by atoms with Gasteiger partial charge in [0.05, 0.1) is 18.9 Å². The number of aryl methyl sites for hydroxylation is 1. The zero-order chi connectivity index (χ0) is 13.1. The summed E-state index contributed by atoms with van der Waals surface area (Å²) in [5.74, 6) is -0.453. The van der Waals surface area contributed by atoms with Gasteiger partial charge in [-0.15, -0.1) is 0 Å². The van der Waals surface area contributed by atoms with Crippen molar-refractivity contribution >= 4 is 23.4 Å². The van der Waals surface area contributed by atoms with Crippen molar-refractivity contribution in [3.8, 4) is 0 Å². The van der Waals surface area contributed by atoms with Gasteiger partial charge in [0.2, 0.25) is 0 Å². The quantitative estimate of drug-likeness (QED) is 0.678. The summed E-state index contributed by atoms with van der Waals surface area (Å²) in [6.07, 6.45) is 3.06. The molecule has 94 valence electrons. The summed E-state index contributed by atoms with van der Waals surface area (Å²) in [6.45, 7) is 1.83. The molecule has 1 aromatic carbocycles. The first kappa shape index (κ1) is 12.5. The Bertz CT molecular complexity index is 567. The third kappa shape index (κ3) is 2.48. The molecule has 6 heteroatoms. The zero-order valence-electron chi connectivity index (χ0n) is 9.97. The minimum Gasteiger partial charge on any atom is -0.465 e. The maximum Gasteiger partial charge on any atom is 0.340 e. The number of methoxy groups -OCH3 is 1. The lowest BCUT2D eigenvalue weighted by molar-refractivity contribution is 0.0601. The molecule has 0 atom stereocenters. The fourth-order valence-electron chi connectivity index (χ4n) is 1.46. The number of esters is 1. The minimum atomic E-state index is -0.453. The predicted molar refractivity (Wildman–Crippen MR) is 67.6 cm³/mol. The van der Waals surface area contributed by atoms with E-state index in [0.29, 0.717) is 16.5 Å². The Morgan fingerprint density at radius 2 is 2.28 bits per heavy atom. The Morgan fingerprint density at radius 1 is 1.50 bits per heavy atom. The molecule has 18 heavy (non-hydrogen) atoms. The van der Waals surface area contributed by atoms with Gasteiger partial charge in [0.1, 0.15) is 6.26 Å². The summed E-state index contributed by atoms with van der Waals surface area (Å²) in [5.41, 5.74) is 7.45. The first-order valence-corrected chi connectivity index (χ1v) is 5.99. The highest BCUT2D eigenvalue weighted by atomic mass is 32.2. The van der Waals surface area contributed by atoms with E-state index in [1.807, 2.05) is 13.0 Å². The molecule has 0 spiro atoms. The number of nitrogen functional groups attached to an aromatic ring is 1. The van der Waals surface area contributed by atoms with Gasteiger partial charge >= 0.3 is 5.97 Å². The standard InChI is InChI=1S/C12H12N2O3S/c1-7-5-8(18-12-14-3-4-17-12)6-9(10(7)13)11(15)16-2/h3-6H,13H2,1-2H3.